The minimum atomic E-state index is -2.57. The zero-order valence-electron chi connectivity index (χ0n) is 45.8. The normalized spacial score (nSPS) is 27.6. The Balaban J connectivity index is 4.23. The number of carbonyl (C=O) groups is 4. The second-order valence-electron chi connectivity index (χ2n) is 21.8. The van der Waals surface area contributed by atoms with E-state index in [-0.39, 0.29) is 59.7 Å². The number of hydrogen-bond acceptors (Lipinski definition) is 10. The van der Waals surface area contributed by atoms with Crippen molar-refractivity contribution < 1.29 is 47.0 Å². The minimum absolute atomic E-state index is 0.00852. The van der Waals surface area contributed by atoms with Crippen LogP contribution < -0.4 is 0 Å². The molecule has 0 bridgehead atoms. The number of ketones is 3. The third-order valence-corrected chi connectivity index (χ3v) is 27.1. The lowest BCUT2D eigenvalue weighted by Crippen LogP contribution is -2.53. The highest BCUT2D eigenvalue weighted by molar-refractivity contribution is 6.77. The quantitative estimate of drug-likeness (QED) is 0.0361. The van der Waals surface area contributed by atoms with Crippen LogP contribution in [-0.4, -0.2) is 99.6 Å². The Morgan fingerprint density at radius 2 is 1.41 bits per heavy atom. The van der Waals surface area contributed by atoms with E-state index in [9.17, 15) is 9.59 Å². The first-order chi connectivity index (χ1) is 30.6. The molecule has 0 aliphatic carbocycles. The van der Waals surface area contributed by atoms with Gasteiger partial charge in [-0.25, -0.2) is 4.79 Å². The zero-order valence-corrected chi connectivity index (χ0v) is 48.8. The first kappa shape index (κ1) is 62.2. The van der Waals surface area contributed by atoms with Crippen molar-refractivity contribution >= 4 is 48.0 Å². The molecule has 0 saturated carbocycles. The van der Waals surface area contributed by atoms with E-state index in [1.54, 1.807) is 6.92 Å². The number of allylic oxidation sites excluding steroid dienone is 4. The van der Waals surface area contributed by atoms with E-state index in [1.165, 1.54) is 7.11 Å². The Bertz CT molecular complexity index is 1580. The summed E-state index contributed by atoms with van der Waals surface area (Å²) in [6.07, 6.45) is 4.98. The van der Waals surface area contributed by atoms with Crippen LogP contribution in [0.2, 0.25) is 60.4 Å². The Labute approximate surface area is 406 Å². The zero-order chi connectivity index (χ0) is 50.9. The fourth-order valence-electron chi connectivity index (χ4n) is 10.3. The summed E-state index contributed by atoms with van der Waals surface area (Å²) in [4.78, 5) is 58.9. The lowest BCUT2D eigenvalue weighted by atomic mass is 9.82. The van der Waals surface area contributed by atoms with Crippen LogP contribution in [-0.2, 0) is 47.0 Å². The van der Waals surface area contributed by atoms with E-state index < -0.39 is 84.7 Å². The first-order valence-corrected chi connectivity index (χ1v) is 33.9. The molecule has 0 radical (unpaired) electrons. The fourth-order valence-corrected chi connectivity index (χ4v) is 19.6. The topological polar surface area (TPSA) is 124 Å². The van der Waals surface area contributed by atoms with Crippen LogP contribution >= 0.6 is 0 Å². The van der Waals surface area contributed by atoms with Gasteiger partial charge in [0.15, 0.2) is 14.4 Å². The predicted octanol–water partition coefficient (Wildman–Crippen LogP) is 13.0. The van der Waals surface area contributed by atoms with Gasteiger partial charge in [-0.15, -0.1) is 0 Å². The van der Waals surface area contributed by atoms with Gasteiger partial charge in [0.25, 0.3) is 0 Å². The van der Waals surface area contributed by atoms with Crippen LogP contribution in [0.15, 0.2) is 35.5 Å². The van der Waals surface area contributed by atoms with E-state index >= 15 is 9.59 Å². The molecule has 0 saturated heterocycles. The monoisotopic (exact) mass is 979 g/mol. The van der Waals surface area contributed by atoms with Gasteiger partial charge >= 0.3 is 5.97 Å². The van der Waals surface area contributed by atoms with Gasteiger partial charge in [-0.2, -0.15) is 0 Å². The van der Waals surface area contributed by atoms with Crippen molar-refractivity contribution in [3.05, 3.63) is 35.5 Å². The van der Waals surface area contributed by atoms with Crippen molar-refractivity contribution in [1.82, 2.24) is 0 Å². The van der Waals surface area contributed by atoms with Crippen molar-refractivity contribution in [2.24, 2.45) is 35.5 Å². The number of rotatable bonds is 21. The van der Waals surface area contributed by atoms with Crippen molar-refractivity contribution in [3.8, 4) is 0 Å². The van der Waals surface area contributed by atoms with Crippen LogP contribution in [0.25, 0.3) is 0 Å². The summed E-state index contributed by atoms with van der Waals surface area (Å²) in [5, 5.41) is 0. The average Bonchev–Trinajstić information content (AvgIpc) is 3.24. The molecular weight excluding hydrogens is 881 g/mol. The van der Waals surface area contributed by atoms with Crippen LogP contribution in [0.5, 0.6) is 0 Å². The van der Waals surface area contributed by atoms with E-state index in [0.717, 1.165) is 35.3 Å². The summed E-state index contributed by atoms with van der Waals surface area (Å²) < 4.78 is 39.4. The largest absolute Gasteiger partial charge is 0.463 e. The lowest BCUT2D eigenvalue weighted by molar-refractivity contribution is -0.187. The van der Waals surface area contributed by atoms with Gasteiger partial charge in [0.1, 0.15) is 36.9 Å². The molecule has 0 amide bonds. The standard InChI is InChI=1S/C53H98O10Si3/c1-22-26-38(11)31-41(14)50(62-65(23-2,24-3)25-4)45-33-60-53(57)52(61-34-59-29-30-64(19,20)21)51(58-18)44(17)48(56)43(16)49(63-66(35(5)6,36(7)8)37(9)10)42(15)32-40(13)46(54)28-27-39(12)47(45)55/h22,26,31-32,35-40,43-45,49-52H,23-25,27-30,33-34H2,1-21H3/b26-22-,41-31+,42-32+/t38-,39+,40-,43-,44+,45-,49-,50+,51?,52+/m0/s1. The molecule has 0 fully saturated rings. The second kappa shape index (κ2) is 28.7. The van der Waals surface area contributed by atoms with Crippen molar-refractivity contribution in [2.75, 3.05) is 27.1 Å². The SMILES string of the molecule is C/C=C\[C@H](C)/C=C(\C)[C@@H](O[Si](CC)(CC)CC)[C@H]1COC(=O)[C@H](OCOCC[Si](C)(C)C)C(OC)[C@H](C)C(=O)[C@H](C)[C@@H](O[Si](C(C)C)(C(C)C)C(C)C)/C(C)=C/[C@H](C)C(=O)CC[C@@H](C)C1=O. The molecule has 0 spiro atoms. The highest BCUT2D eigenvalue weighted by Crippen LogP contribution is 2.45. The maximum atomic E-state index is 15.1. The summed E-state index contributed by atoms with van der Waals surface area (Å²) in [5.41, 5.74) is 2.43. The van der Waals surface area contributed by atoms with Crippen molar-refractivity contribution in [3.63, 3.8) is 0 Å². The summed E-state index contributed by atoms with van der Waals surface area (Å²) >= 11 is 0. The third-order valence-electron chi connectivity index (χ3n) is 14.7. The van der Waals surface area contributed by atoms with E-state index in [1.807, 2.05) is 53.7 Å². The minimum Gasteiger partial charge on any atom is -0.463 e. The number of cyclic esters (lactones) is 1. The maximum Gasteiger partial charge on any atom is 0.338 e. The Morgan fingerprint density at radius 1 is 0.848 bits per heavy atom. The Kier molecular flexibility index (Phi) is 27.1. The Hall–Kier alpha value is -1.85. The van der Waals surface area contributed by atoms with Gasteiger partial charge < -0.3 is 27.8 Å². The van der Waals surface area contributed by atoms with Gasteiger partial charge in [0.2, 0.25) is 8.32 Å². The van der Waals surface area contributed by atoms with Gasteiger partial charge in [-0.3, -0.25) is 14.4 Å². The molecule has 13 heteroatoms. The molecule has 1 rings (SSSR count). The lowest BCUT2D eigenvalue weighted by Gasteiger charge is -2.46. The molecule has 10 nitrogen and oxygen atoms in total. The molecule has 0 aromatic carbocycles. The summed E-state index contributed by atoms with van der Waals surface area (Å²) in [6, 6.07) is 3.48. The number of hydrogen-bond donors (Lipinski definition) is 0. The molecule has 0 aromatic heterocycles. The smallest absolute Gasteiger partial charge is 0.338 e. The predicted molar refractivity (Wildman–Crippen MR) is 279 cm³/mol. The molecule has 1 unspecified atom stereocenters. The molecule has 0 N–H and O–H groups in total. The van der Waals surface area contributed by atoms with Crippen molar-refractivity contribution in [1.29, 1.82) is 0 Å². The molecule has 382 valence electrons. The highest BCUT2D eigenvalue weighted by atomic mass is 28.4. The molecule has 66 heavy (non-hydrogen) atoms. The molecular formula is C53H98O10Si3. The number of carbonyl (C=O) groups excluding carboxylic acids is 4. The molecule has 1 aliphatic rings. The summed E-state index contributed by atoms with van der Waals surface area (Å²) in [6.45, 7) is 42.0. The summed E-state index contributed by atoms with van der Waals surface area (Å²) in [7, 11) is -4.87. The van der Waals surface area contributed by atoms with E-state index in [0.29, 0.717) is 13.0 Å². The fraction of sp³-hybridized carbons (Fsp3) is 0.811. The molecule has 1 heterocycles. The van der Waals surface area contributed by atoms with Gasteiger partial charge in [-0.05, 0) is 85.1 Å². The summed E-state index contributed by atoms with van der Waals surface area (Å²) in [5.74, 6) is -4.37. The molecule has 1 aliphatic heterocycles. The van der Waals surface area contributed by atoms with E-state index in [2.05, 4.69) is 101 Å². The Morgan fingerprint density at radius 3 is 1.89 bits per heavy atom. The van der Waals surface area contributed by atoms with Crippen molar-refractivity contribution in [2.45, 2.75) is 215 Å². The maximum absolute atomic E-state index is 15.1. The third kappa shape index (κ3) is 17.5. The highest BCUT2D eigenvalue weighted by Gasteiger charge is 2.50. The van der Waals surface area contributed by atoms with Crippen LogP contribution in [0, 0.1) is 35.5 Å². The number of ether oxygens (including phenoxy) is 4. The second-order valence-corrected chi connectivity index (χ2v) is 37.5. The molecule has 10 atom stereocenters. The number of methoxy groups -OCH3 is 1. The van der Waals surface area contributed by atoms with Crippen LogP contribution in [0.3, 0.4) is 0 Å². The van der Waals surface area contributed by atoms with Crippen LogP contribution in [0.4, 0.5) is 0 Å². The molecule has 0 aromatic rings. The van der Waals surface area contributed by atoms with Gasteiger partial charge in [0.05, 0.1) is 18.1 Å². The number of Topliss-reactive ketones (excluding diaryl/α,β-unsaturated/α-hetero) is 3. The number of esters is 1. The van der Waals surface area contributed by atoms with Gasteiger partial charge in [0, 0.05) is 51.9 Å². The van der Waals surface area contributed by atoms with E-state index in [4.69, 9.17) is 27.8 Å². The first-order valence-electron chi connectivity index (χ1n) is 25.5. The van der Waals surface area contributed by atoms with Crippen LogP contribution in [0.1, 0.15) is 131 Å². The average molecular weight is 980 g/mol. The van der Waals surface area contributed by atoms with Gasteiger partial charge in [-0.1, -0.05) is 141 Å².